The Hall–Kier alpha value is -2.60. The van der Waals surface area contributed by atoms with Crippen LogP contribution in [0.1, 0.15) is 15.9 Å². The quantitative estimate of drug-likeness (QED) is 0.804. The van der Waals surface area contributed by atoms with Crippen LogP contribution < -0.4 is 0 Å². The molecule has 0 unspecified atom stereocenters. The van der Waals surface area contributed by atoms with Crippen molar-refractivity contribution in [2.75, 3.05) is 0 Å². The monoisotopic (exact) mass is 237 g/mol. The lowest BCUT2D eigenvalue weighted by Gasteiger charge is -2.06. The Bertz CT molecular complexity index is 637. The molecule has 18 heavy (non-hydrogen) atoms. The number of carboxylic acids is 1. The highest BCUT2D eigenvalue weighted by Crippen LogP contribution is 2.31. The molecule has 0 fully saturated rings. The third kappa shape index (κ3) is 2.23. The van der Waals surface area contributed by atoms with Crippen LogP contribution in [0.3, 0.4) is 0 Å². The molecule has 0 heterocycles. The maximum atomic E-state index is 10.8. The second kappa shape index (κ2) is 4.72. The summed E-state index contributed by atoms with van der Waals surface area (Å²) in [5, 5.41) is 8.84. The fraction of sp³-hybridized carbons (Fsp3) is 0.0667. The number of hydrogen-bond donors (Lipinski definition) is 1. The topological polar surface area (TPSA) is 41.7 Å². The van der Waals surface area contributed by atoms with Crippen molar-refractivity contribution in [1.29, 1.82) is 0 Å². The lowest BCUT2D eigenvalue weighted by molar-refractivity contribution is 0.0697. The summed E-state index contributed by atoms with van der Waals surface area (Å²) in [7, 11) is 0. The molecular weight excluding hydrogens is 226 g/mol. The summed E-state index contributed by atoms with van der Waals surface area (Å²) < 4.78 is 0. The van der Waals surface area contributed by atoms with E-state index in [4.69, 9.17) is 11.7 Å². The number of carboxylic acid groups (broad SMARTS) is 1. The molecular formula is C15H11NO2. The van der Waals surface area contributed by atoms with Gasteiger partial charge in [-0.1, -0.05) is 35.9 Å². The van der Waals surface area contributed by atoms with E-state index in [2.05, 4.69) is 4.85 Å². The molecule has 88 valence electrons. The largest absolute Gasteiger partial charge is 0.478 e. The number of aromatic carboxylic acids is 1. The van der Waals surface area contributed by atoms with Crippen LogP contribution in [0.5, 0.6) is 0 Å². The predicted molar refractivity (Wildman–Crippen MR) is 69.8 cm³/mol. The predicted octanol–water partition coefficient (Wildman–Crippen LogP) is 3.91. The van der Waals surface area contributed by atoms with Crippen molar-refractivity contribution in [2.45, 2.75) is 6.92 Å². The van der Waals surface area contributed by atoms with Crippen LogP contribution in [0, 0.1) is 13.5 Å². The minimum Gasteiger partial charge on any atom is -0.478 e. The van der Waals surface area contributed by atoms with Crippen LogP contribution in [0.4, 0.5) is 5.69 Å². The van der Waals surface area contributed by atoms with Gasteiger partial charge in [-0.2, -0.15) is 0 Å². The fourth-order valence-electron chi connectivity index (χ4n) is 1.77. The van der Waals surface area contributed by atoms with Gasteiger partial charge in [0.25, 0.3) is 0 Å². The van der Waals surface area contributed by atoms with Crippen molar-refractivity contribution in [2.24, 2.45) is 0 Å². The molecule has 3 nitrogen and oxygen atoms in total. The van der Waals surface area contributed by atoms with E-state index in [0.717, 1.165) is 16.7 Å². The zero-order chi connectivity index (χ0) is 13.1. The average molecular weight is 237 g/mol. The number of carbonyl (C=O) groups is 1. The van der Waals surface area contributed by atoms with Gasteiger partial charge in [-0.25, -0.2) is 9.64 Å². The van der Waals surface area contributed by atoms with Gasteiger partial charge >= 0.3 is 5.97 Å². The summed E-state index contributed by atoms with van der Waals surface area (Å²) in [6, 6.07) is 12.2. The highest BCUT2D eigenvalue weighted by Gasteiger charge is 2.07. The van der Waals surface area contributed by atoms with E-state index < -0.39 is 5.97 Å². The summed E-state index contributed by atoms with van der Waals surface area (Å²) in [5.74, 6) is -0.948. The maximum absolute atomic E-state index is 10.8. The van der Waals surface area contributed by atoms with Crippen LogP contribution in [0.25, 0.3) is 16.0 Å². The van der Waals surface area contributed by atoms with Crippen molar-refractivity contribution < 1.29 is 9.90 Å². The van der Waals surface area contributed by atoms with Gasteiger partial charge in [-0.05, 0) is 30.2 Å². The van der Waals surface area contributed by atoms with Crippen LogP contribution in [0.2, 0.25) is 0 Å². The molecule has 0 aliphatic rings. The molecule has 2 aromatic rings. The van der Waals surface area contributed by atoms with Crippen LogP contribution >= 0.6 is 0 Å². The Morgan fingerprint density at radius 1 is 1.17 bits per heavy atom. The Morgan fingerprint density at radius 2 is 1.83 bits per heavy atom. The molecule has 1 N–H and O–H groups in total. The van der Waals surface area contributed by atoms with Crippen LogP contribution in [-0.2, 0) is 0 Å². The van der Waals surface area contributed by atoms with Crippen LogP contribution in [-0.4, -0.2) is 11.1 Å². The van der Waals surface area contributed by atoms with E-state index in [1.165, 1.54) is 0 Å². The smallest absolute Gasteiger partial charge is 0.335 e. The van der Waals surface area contributed by atoms with Crippen molar-refractivity contribution in [3.63, 3.8) is 0 Å². The van der Waals surface area contributed by atoms with E-state index in [9.17, 15) is 4.79 Å². The van der Waals surface area contributed by atoms with Gasteiger partial charge < -0.3 is 5.11 Å². The van der Waals surface area contributed by atoms with Crippen molar-refractivity contribution in [1.82, 2.24) is 0 Å². The molecule has 0 saturated heterocycles. The first-order valence-electron chi connectivity index (χ1n) is 5.43. The Morgan fingerprint density at radius 3 is 2.39 bits per heavy atom. The van der Waals surface area contributed by atoms with Crippen molar-refractivity contribution in [3.8, 4) is 11.1 Å². The molecule has 2 aromatic carbocycles. The Labute approximate surface area is 105 Å². The maximum Gasteiger partial charge on any atom is 0.335 e. The zero-order valence-electron chi connectivity index (χ0n) is 9.84. The third-order valence-corrected chi connectivity index (χ3v) is 2.72. The zero-order valence-corrected chi connectivity index (χ0v) is 9.84. The van der Waals surface area contributed by atoms with Gasteiger partial charge in [0, 0.05) is 0 Å². The molecule has 3 heteroatoms. The van der Waals surface area contributed by atoms with E-state index in [-0.39, 0.29) is 5.56 Å². The SMILES string of the molecule is [C-]#[N+]c1ccc(C)cc1-c1ccc(C(=O)O)cc1. The summed E-state index contributed by atoms with van der Waals surface area (Å²) in [5.41, 5.74) is 3.58. The normalized spacial score (nSPS) is 9.78. The number of benzene rings is 2. The molecule has 0 saturated carbocycles. The fourth-order valence-corrected chi connectivity index (χ4v) is 1.77. The van der Waals surface area contributed by atoms with E-state index in [0.29, 0.717) is 5.69 Å². The summed E-state index contributed by atoms with van der Waals surface area (Å²) >= 11 is 0. The first-order valence-corrected chi connectivity index (χ1v) is 5.43. The molecule has 0 bridgehead atoms. The third-order valence-electron chi connectivity index (χ3n) is 2.72. The molecule has 0 aliphatic heterocycles. The van der Waals surface area contributed by atoms with Crippen LogP contribution in [0.15, 0.2) is 42.5 Å². The molecule has 0 radical (unpaired) electrons. The van der Waals surface area contributed by atoms with Gasteiger partial charge in [0.1, 0.15) is 0 Å². The minimum absolute atomic E-state index is 0.246. The second-order valence-electron chi connectivity index (χ2n) is 4.01. The molecule has 0 atom stereocenters. The summed E-state index contributed by atoms with van der Waals surface area (Å²) in [6.07, 6.45) is 0. The van der Waals surface area contributed by atoms with Crippen molar-refractivity contribution >= 4 is 11.7 Å². The number of aryl methyl sites for hydroxylation is 1. The van der Waals surface area contributed by atoms with Crippen molar-refractivity contribution in [3.05, 3.63) is 65.0 Å². The van der Waals surface area contributed by atoms with Gasteiger partial charge in [-0.3, -0.25) is 0 Å². The number of hydrogen-bond acceptors (Lipinski definition) is 1. The number of nitrogens with zero attached hydrogens (tertiary/aromatic N) is 1. The van der Waals surface area contributed by atoms with Gasteiger partial charge in [-0.15, -0.1) is 0 Å². The van der Waals surface area contributed by atoms with Gasteiger partial charge in [0.15, 0.2) is 5.69 Å². The second-order valence-corrected chi connectivity index (χ2v) is 4.01. The molecule has 0 aliphatic carbocycles. The molecule has 0 amide bonds. The lowest BCUT2D eigenvalue weighted by atomic mass is 10.0. The Balaban J connectivity index is 2.52. The number of rotatable bonds is 2. The highest BCUT2D eigenvalue weighted by molar-refractivity contribution is 5.89. The lowest BCUT2D eigenvalue weighted by Crippen LogP contribution is -1.95. The van der Waals surface area contributed by atoms with Gasteiger partial charge in [0.2, 0.25) is 0 Å². The molecule has 2 rings (SSSR count). The molecule has 0 aromatic heterocycles. The Kier molecular flexibility index (Phi) is 3.11. The van der Waals surface area contributed by atoms with E-state index in [1.807, 2.05) is 19.1 Å². The average Bonchev–Trinajstić information content (AvgIpc) is 2.39. The first-order chi connectivity index (χ1) is 8.61. The standard InChI is InChI=1S/C15H11NO2/c1-10-3-8-14(16-2)13(9-10)11-4-6-12(7-5-11)15(17)18/h3-9H,1H3,(H,17,18). The summed E-state index contributed by atoms with van der Waals surface area (Å²) in [4.78, 5) is 14.3. The van der Waals surface area contributed by atoms with Gasteiger partial charge in [0.05, 0.1) is 12.1 Å². The molecule has 0 spiro atoms. The van der Waals surface area contributed by atoms with E-state index in [1.54, 1.807) is 30.3 Å². The minimum atomic E-state index is -0.948. The highest BCUT2D eigenvalue weighted by atomic mass is 16.4. The van der Waals surface area contributed by atoms with E-state index >= 15 is 0 Å². The first kappa shape index (κ1) is 11.9. The summed E-state index contributed by atoms with van der Waals surface area (Å²) in [6.45, 7) is 9.11.